The van der Waals surface area contributed by atoms with E-state index >= 15 is 0 Å². The van der Waals surface area contributed by atoms with E-state index in [1.165, 1.54) is 6.07 Å². The minimum absolute atomic E-state index is 0.112. The quantitative estimate of drug-likeness (QED) is 0.503. The molecule has 86 valence electrons. The summed E-state index contributed by atoms with van der Waals surface area (Å²) in [6.07, 6.45) is 0. The number of benzene rings is 1. The average molecular weight is 226 g/mol. The molecule has 3 N–H and O–H groups in total. The molecule has 0 atom stereocenters. The van der Waals surface area contributed by atoms with Gasteiger partial charge in [0.25, 0.3) is 5.69 Å². The molecule has 0 heterocycles. The van der Waals surface area contributed by atoms with Gasteiger partial charge in [-0.1, -0.05) is 0 Å². The number of aromatic carboxylic acids is 1. The third-order valence-electron chi connectivity index (χ3n) is 1.86. The summed E-state index contributed by atoms with van der Waals surface area (Å²) in [5, 5.41) is 30.6. The molecule has 7 heteroatoms. The molecule has 0 unspecified atom stereocenters. The number of carbonyl (C=O) groups is 1. The maximum atomic E-state index is 10.8. The zero-order valence-electron chi connectivity index (χ0n) is 8.21. The lowest BCUT2D eigenvalue weighted by Gasteiger charge is -2.05. The number of hydrogen-bond acceptors (Lipinski definition) is 5. The van der Waals surface area contributed by atoms with Crippen molar-refractivity contribution in [2.75, 3.05) is 18.5 Å². The number of carboxylic acid groups (broad SMARTS) is 1. The molecule has 0 radical (unpaired) electrons. The van der Waals surface area contributed by atoms with Crippen LogP contribution in [0.2, 0.25) is 0 Å². The van der Waals surface area contributed by atoms with Crippen LogP contribution in [0.1, 0.15) is 10.4 Å². The Morgan fingerprint density at radius 2 is 2.19 bits per heavy atom. The number of nitro benzene ring substituents is 1. The molecule has 0 amide bonds. The van der Waals surface area contributed by atoms with Crippen molar-refractivity contribution in [3.63, 3.8) is 0 Å². The summed E-state index contributed by atoms with van der Waals surface area (Å²) in [6, 6.07) is 3.67. The van der Waals surface area contributed by atoms with Gasteiger partial charge in [0.05, 0.1) is 11.5 Å². The zero-order chi connectivity index (χ0) is 12.1. The van der Waals surface area contributed by atoms with E-state index < -0.39 is 16.6 Å². The van der Waals surface area contributed by atoms with Gasteiger partial charge < -0.3 is 15.5 Å². The highest BCUT2D eigenvalue weighted by molar-refractivity contribution is 5.93. The van der Waals surface area contributed by atoms with Crippen LogP contribution < -0.4 is 5.32 Å². The van der Waals surface area contributed by atoms with Gasteiger partial charge in [0, 0.05) is 18.3 Å². The van der Waals surface area contributed by atoms with Crippen molar-refractivity contribution in [1.29, 1.82) is 0 Å². The standard InChI is InChI=1S/C9H10N2O5/c12-4-3-10-6-1-2-8(11(15)16)7(5-6)9(13)14/h1-2,5,10,12H,3-4H2,(H,13,14). The molecule has 0 aromatic heterocycles. The number of nitro groups is 1. The van der Waals surface area contributed by atoms with Crippen molar-refractivity contribution in [2.24, 2.45) is 0 Å². The van der Waals surface area contributed by atoms with E-state index in [0.29, 0.717) is 5.69 Å². The van der Waals surface area contributed by atoms with Gasteiger partial charge >= 0.3 is 5.97 Å². The first-order valence-corrected chi connectivity index (χ1v) is 4.42. The highest BCUT2D eigenvalue weighted by atomic mass is 16.6. The van der Waals surface area contributed by atoms with Crippen molar-refractivity contribution in [3.8, 4) is 0 Å². The van der Waals surface area contributed by atoms with Crippen LogP contribution in [0.5, 0.6) is 0 Å². The van der Waals surface area contributed by atoms with Crippen LogP contribution in [0.4, 0.5) is 11.4 Å². The molecule has 0 aliphatic carbocycles. The van der Waals surface area contributed by atoms with Crippen LogP contribution in [0.15, 0.2) is 18.2 Å². The van der Waals surface area contributed by atoms with Crippen LogP contribution in [0, 0.1) is 10.1 Å². The Hall–Kier alpha value is -2.15. The summed E-state index contributed by atoms with van der Waals surface area (Å²) >= 11 is 0. The summed E-state index contributed by atoms with van der Waals surface area (Å²) in [6.45, 7) is 0.135. The molecule has 0 aliphatic heterocycles. The van der Waals surface area contributed by atoms with Gasteiger partial charge in [0.2, 0.25) is 0 Å². The molecule has 0 saturated carbocycles. The van der Waals surface area contributed by atoms with E-state index in [0.717, 1.165) is 12.1 Å². The smallest absolute Gasteiger partial charge is 0.342 e. The van der Waals surface area contributed by atoms with Crippen LogP contribution >= 0.6 is 0 Å². The van der Waals surface area contributed by atoms with Gasteiger partial charge in [0.15, 0.2) is 0 Å². The Morgan fingerprint density at radius 3 is 2.69 bits per heavy atom. The van der Waals surface area contributed by atoms with E-state index in [2.05, 4.69) is 5.32 Å². The van der Waals surface area contributed by atoms with E-state index in [9.17, 15) is 14.9 Å². The summed E-state index contributed by atoms with van der Waals surface area (Å²) in [7, 11) is 0. The van der Waals surface area contributed by atoms with Crippen molar-refractivity contribution in [3.05, 3.63) is 33.9 Å². The molecule has 1 rings (SSSR count). The van der Waals surface area contributed by atoms with Gasteiger partial charge in [-0.05, 0) is 12.1 Å². The molecule has 1 aromatic rings. The minimum atomic E-state index is -1.36. The van der Waals surface area contributed by atoms with Gasteiger partial charge in [-0.15, -0.1) is 0 Å². The van der Waals surface area contributed by atoms with Crippen molar-refractivity contribution < 1.29 is 19.9 Å². The monoisotopic (exact) mass is 226 g/mol. The first-order chi connectivity index (χ1) is 7.56. The van der Waals surface area contributed by atoms with Gasteiger partial charge in [0.1, 0.15) is 5.56 Å². The number of nitrogens with one attached hydrogen (secondary N) is 1. The highest BCUT2D eigenvalue weighted by Crippen LogP contribution is 2.22. The number of carboxylic acids is 1. The molecule has 0 aliphatic rings. The lowest BCUT2D eigenvalue weighted by atomic mass is 10.1. The lowest BCUT2D eigenvalue weighted by molar-refractivity contribution is -0.385. The van der Waals surface area contributed by atoms with Gasteiger partial charge in [-0.2, -0.15) is 0 Å². The maximum absolute atomic E-state index is 10.8. The second kappa shape index (κ2) is 5.08. The minimum Gasteiger partial charge on any atom is -0.477 e. The number of nitrogens with zero attached hydrogens (tertiary/aromatic N) is 1. The lowest BCUT2D eigenvalue weighted by Crippen LogP contribution is -2.08. The fraction of sp³-hybridized carbons (Fsp3) is 0.222. The Kier molecular flexibility index (Phi) is 3.78. The molecular formula is C9H10N2O5. The van der Waals surface area contributed by atoms with E-state index in [1.807, 2.05) is 0 Å². The first-order valence-electron chi connectivity index (χ1n) is 4.42. The van der Waals surface area contributed by atoms with E-state index in [4.69, 9.17) is 10.2 Å². The number of aliphatic hydroxyl groups is 1. The number of rotatable bonds is 5. The van der Waals surface area contributed by atoms with Crippen LogP contribution in [0.25, 0.3) is 0 Å². The molecule has 0 saturated heterocycles. The highest BCUT2D eigenvalue weighted by Gasteiger charge is 2.19. The van der Waals surface area contributed by atoms with E-state index in [1.54, 1.807) is 0 Å². The number of hydrogen-bond donors (Lipinski definition) is 3. The Morgan fingerprint density at radius 1 is 1.50 bits per heavy atom. The van der Waals surface area contributed by atoms with Crippen molar-refractivity contribution >= 4 is 17.3 Å². The third kappa shape index (κ3) is 2.67. The number of anilines is 1. The predicted molar refractivity (Wildman–Crippen MR) is 55.6 cm³/mol. The summed E-state index contributed by atoms with van der Waals surface area (Å²) in [4.78, 5) is 20.6. The van der Waals surface area contributed by atoms with Crippen LogP contribution in [-0.2, 0) is 0 Å². The summed E-state index contributed by atoms with van der Waals surface area (Å²) in [5.74, 6) is -1.36. The topological polar surface area (TPSA) is 113 Å². The van der Waals surface area contributed by atoms with E-state index in [-0.39, 0.29) is 18.7 Å². The molecule has 7 nitrogen and oxygen atoms in total. The zero-order valence-corrected chi connectivity index (χ0v) is 8.21. The van der Waals surface area contributed by atoms with Crippen LogP contribution in [0.3, 0.4) is 0 Å². The van der Waals surface area contributed by atoms with Crippen LogP contribution in [-0.4, -0.2) is 34.3 Å². The Bertz CT molecular complexity index is 418. The van der Waals surface area contributed by atoms with Gasteiger partial charge in [-0.3, -0.25) is 10.1 Å². The molecule has 1 aromatic carbocycles. The average Bonchev–Trinajstić information content (AvgIpc) is 2.25. The van der Waals surface area contributed by atoms with Crippen molar-refractivity contribution in [1.82, 2.24) is 0 Å². The largest absolute Gasteiger partial charge is 0.477 e. The third-order valence-corrected chi connectivity index (χ3v) is 1.86. The predicted octanol–water partition coefficient (Wildman–Crippen LogP) is 0.697. The summed E-state index contributed by atoms with van der Waals surface area (Å²) in [5.41, 5.74) is -0.424. The molecule has 0 spiro atoms. The molecule has 16 heavy (non-hydrogen) atoms. The summed E-state index contributed by atoms with van der Waals surface area (Å²) < 4.78 is 0. The molecular weight excluding hydrogens is 216 g/mol. The fourth-order valence-corrected chi connectivity index (χ4v) is 1.18. The maximum Gasteiger partial charge on any atom is 0.342 e. The second-order valence-corrected chi connectivity index (χ2v) is 2.94. The normalized spacial score (nSPS) is 9.81. The number of aliphatic hydroxyl groups excluding tert-OH is 1. The van der Waals surface area contributed by atoms with Gasteiger partial charge in [-0.25, -0.2) is 4.79 Å². The molecule has 0 fully saturated rings. The molecule has 0 bridgehead atoms. The fourth-order valence-electron chi connectivity index (χ4n) is 1.18. The van der Waals surface area contributed by atoms with Crippen molar-refractivity contribution in [2.45, 2.75) is 0 Å². The first kappa shape index (κ1) is 11.9. The Balaban J connectivity index is 3.07. The second-order valence-electron chi connectivity index (χ2n) is 2.94. The Labute approximate surface area is 90.5 Å². The SMILES string of the molecule is O=C(O)c1cc(NCCO)ccc1[N+](=O)[O-].